The summed E-state index contributed by atoms with van der Waals surface area (Å²) in [6, 6.07) is 0. The molecular weight excluding hydrogens is 166 g/mol. The van der Waals surface area contributed by atoms with Gasteiger partial charge in [-0.15, -0.1) is 0 Å². The summed E-state index contributed by atoms with van der Waals surface area (Å²) in [6.07, 6.45) is 4.15. The van der Waals surface area contributed by atoms with Gasteiger partial charge >= 0.3 is 0 Å². The van der Waals surface area contributed by atoms with Gasteiger partial charge in [0.25, 0.3) is 0 Å². The number of carbonyl (C=O) groups excluding carboxylic acids is 1. The molecule has 1 aromatic rings. The fourth-order valence-electron chi connectivity index (χ4n) is 2.15. The van der Waals surface area contributed by atoms with E-state index in [1.165, 1.54) is 0 Å². The number of hydrogen-bond acceptors (Lipinski definition) is 3. The van der Waals surface area contributed by atoms with Crippen LogP contribution in [0.15, 0.2) is 12.4 Å². The van der Waals surface area contributed by atoms with E-state index in [0.29, 0.717) is 11.7 Å². The molecule has 1 N–H and O–H groups in total. The fourth-order valence-corrected chi connectivity index (χ4v) is 2.15. The van der Waals surface area contributed by atoms with Crippen LogP contribution in [0, 0.1) is 5.92 Å². The molecule has 13 heavy (non-hydrogen) atoms. The third kappa shape index (κ3) is 0.646. The van der Waals surface area contributed by atoms with Crippen LogP contribution in [0.4, 0.5) is 5.82 Å². The molecule has 0 radical (unpaired) electrons. The summed E-state index contributed by atoms with van der Waals surface area (Å²) in [5.41, 5.74) is 0.511. The first kappa shape index (κ1) is 7.00. The predicted octanol–water partition coefficient (Wildman–Crippen LogP) is 0.706. The van der Waals surface area contributed by atoms with Crippen LogP contribution in [0.2, 0.25) is 0 Å². The van der Waals surface area contributed by atoms with E-state index in [4.69, 9.17) is 0 Å². The van der Waals surface area contributed by atoms with Crippen molar-refractivity contribution in [3.8, 4) is 0 Å². The molecule has 0 bridgehead atoms. The second kappa shape index (κ2) is 1.89. The largest absolute Gasteiger partial charge is 0.308 e. The van der Waals surface area contributed by atoms with E-state index in [0.717, 1.165) is 12.1 Å². The summed E-state index contributed by atoms with van der Waals surface area (Å²) >= 11 is 0. The molecule has 2 aliphatic rings. The Bertz CT molecular complexity index is 404. The lowest BCUT2D eigenvalue weighted by Gasteiger charge is -2.02. The third-order valence-corrected chi connectivity index (χ3v) is 3.07. The Balaban J connectivity index is 2.22. The summed E-state index contributed by atoms with van der Waals surface area (Å²) in [5.74, 6) is 1.13. The van der Waals surface area contributed by atoms with Gasteiger partial charge in [-0.05, 0) is 12.3 Å². The average molecular weight is 175 g/mol. The van der Waals surface area contributed by atoms with Gasteiger partial charge in [0.15, 0.2) is 5.82 Å². The highest BCUT2D eigenvalue weighted by atomic mass is 16.2. The van der Waals surface area contributed by atoms with Crippen LogP contribution in [0.3, 0.4) is 0 Å². The van der Waals surface area contributed by atoms with Gasteiger partial charge in [0.1, 0.15) is 0 Å². The molecule has 0 saturated heterocycles. The SMILES string of the molecule is C[C@H]1CC12C(=O)Nc1nccnc12. The minimum absolute atomic E-state index is 0.0706. The van der Waals surface area contributed by atoms with Crippen molar-refractivity contribution < 1.29 is 4.79 Å². The maximum Gasteiger partial charge on any atom is 0.238 e. The number of hydrogen-bond donors (Lipinski definition) is 1. The van der Waals surface area contributed by atoms with Gasteiger partial charge in [0.05, 0.1) is 11.1 Å². The van der Waals surface area contributed by atoms with Gasteiger partial charge in [-0.2, -0.15) is 0 Å². The molecule has 1 aromatic heterocycles. The predicted molar refractivity (Wildman–Crippen MR) is 46.1 cm³/mol. The third-order valence-electron chi connectivity index (χ3n) is 3.07. The Morgan fingerprint density at radius 1 is 1.54 bits per heavy atom. The van der Waals surface area contributed by atoms with Crippen LogP contribution in [0.1, 0.15) is 19.0 Å². The number of nitrogens with zero attached hydrogens (tertiary/aromatic N) is 2. The summed E-state index contributed by atoms with van der Waals surface area (Å²) < 4.78 is 0. The van der Waals surface area contributed by atoms with Crippen molar-refractivity contribution in [3.05, 3.63) is 18.1 Å². The smallest absolute Gasteiger partial charge is 0.238 e. The number of fused-ring (bicyclic) bond motifs is 2. The fraction of sp³-hybridized carbons (Fsp3) is 0.444. The minimum Gasteiger partial charge on any atom is -0.308 e. The lowest BCUT2D eigenvalue weighted by atomic mass is 10.0. The lowest BCUT2D eigenvalue weighted by molar-refractivity contribution is -0.118. The maximum absolute atomic E-state index is 11.6. The molecule has 1 aliphatic carbocycles. The van der Waals surface area contributed by atoms with Gasteiger partial charge in [0.2, 0.25) is 5.91 Å². The number of rotatable bonds is 0. The highest BCUT2D eigenvalue weighted by molar-refractivity contribution is 6.07. The van der Waals surface area contributed by atoms with E-state index < -0.39 is 0 Å². The van der Waals surface area contributed by atoms with Crippen LogP contribution >= 0.6 is 0 Å². The van der Waals surface area contributed by atoms with E-state index in [2.05, 4.69) is 22.2 Å². The quantitative estimate of drug-likeness (QED) is 0.631. The molecule has 4 heteroatoms. The standard InChI is InChI=1S/C9H9N3O/c1-5-4-9(5)6-7(12-8(9)13)11-3-2-10-6/h2-3,5H,4H2,1H3,(H,11,12,13)/t5-,9?/m0/s1. The Kier molecular flexibility index (Phi) is 1.02. The van der Waals surface area contributed by atoms with Crippen LogP contribution in [0.5, 0.6) is 0 Å². The lowest BCUT2D eigenvalue weighted by Crippen LogP contribution is -2.21. The molecule has 2 atom stereocenters. The molecule has 2 heterocycles. The van der Waals surface area contributed by atoms with Crippen molar-refractivity contribution in [1.82, 2.24) is 9.97 Å². The second-order valence-electron chi connectivity index (χ2n) is 3.78. The van der Waals surface area contributed by atoms with Crippen molar-refractivity contribution in [2.75, 3.05) is 5.32 Å². The molecule has 1 spiro atoms. The Labute approximate surface area is 75.4 Å². The first-order valence-electron chi connectivity index (χ1n) is 4.38. The van der Waals surface area contributed by atoms with Crippen molar-refractivity contribution >= 4 is 11.7 Å². The normalized spacial score (nSPS) is 34.5. The Morgan fingerprint density at radius 3 is 2.92 bits per heavy atom. The summed E-state index contributed by atoms with van der Waals surface area (Å²) in [4.78, 5) is 19.9. The first-order valence-corrected chi connectivity index (χ1v) is 4.38. The highest BCUT2D eigenvalue weighted by Gasteiger charge is 2.64. The molecule has 0 aromatic carbocycles. The Morgan fingerprint density at radius 2 is 2.23 bits per heavy atom. The van der Waals surface area contributed by atoms with Crippen LogP contribution in [-0.2, 0) is 10.2 Å². The molecule has 1 saturated carbocycles. The van der Waals surface area contributed by atoms with Gasteiger partial charge in [-0.1, -0.05) is 6.92 Å². The monoisotopic (exact) mass is 175 g/mol. The van der Waals surface area contributed by atoms with Gasteiger partial charge < -0.3 is 5.32 Å². The molecule has 3 rings (SSSR count). The maximum atomic E-state index is 11.6. The summed E-state index contributed by atoms with van der Waals surface area (Å²) in [5, 5.41) is 2.77. The summed E-state index contributed by atoms with van der Waals surface area (Å²) in [7, 11) is 0. The molecule has 1 amide bonds. The van der Waals surface area contributed by atoms with Crippen molar-refractivity contribution in [3.63, 3.8) is 0 Å². The van der Waals surface area contributed by atoms with Crippen molar-refractivity contribution in [2.45, 2.75) is 18.8 Å². The zero-order valence-corrected chi connectivity index (χ0v) is 7.24. The molecule has 1 aliphatic heterocycles. The number of anilines is 1. The summed E-state index contributed by atoms with van der Waals surface area (Å²) in [6.45, 7) is 2.07. The van der Waals surface area contributed by atoms with E-state index in [1.54, 1.807) is 12.4 Å². The minimum atomic E-state index is -0.330. The topological polar surface area (TPSA) is 54.9 Å². The van der Waals surface area contributed by atoms with Crippen molar-refractivity contribution in [1.29, 1.82) is 0 Å². The Hall–Kier alpha value is -1.45. The van der Waals surface area contributed by atoms with Crippen LogP contribution in [0.25, 0.3) is 0 Å². The van der Waals surface area contributed by atoms with Gasteiger partial charge in [-0.25, -0.2) is 4.98 Å². The number of nitrogens with one attached hydrogen (secondary N) is 1. The van der Waals surface area contributed by atoms with Crippen LogP contribution < -0.4 is 5.32 Å². The van der Waals surface area contributed by atoms with Gasteiger partial charge in [0, 0.05) is 12.4 Å². The molecule has 1 fully saturated rings. The van der Waals surface area contributed by atoms with Gasteiger partial charge in [-0.3, -0.25) is 9.78 Å². The van der Waals surface area contributed by atoms with E-state index in [9.17, 15) is 4.79 Å². The van der Waals surface area contributed by atoms with Crippen molar-refractivity contribution in [2.24, 2.45) is 5.92 Å². The zero-order chi connectivity index (χ0) is 9.05. The van der Waals surface area contributed by atoms with E-state index in [1.807, 2.05) is 0 Å². The van der Waals surface area contributed by atoms with E-state index in [-0.39, 0.29) is 11.3 Å². The zero-order valence-electron chi connectivity index (χ0n) is 7.24. The first-order chi connectivity index (χ1) is 6.25. The molecule has 1 unspecified atom stereocenters. The molecule has 4 nitrogen and oxygen atoms in total. The number of aromatic nitrogens is 2. The number of carbonyl (C=O) groups is 1. The van der Waals surface area contributed by atoms with Crippen LogP contribution in [-0.4, -0.2) is 15.9 Å². The molecular formula is C9H9N3O. The molecule has 66 valence electrons. The van der Waals surface area contributed by atoms with E-state index >= 15 is 0 Å². The average Bonchev–Trinajstić information content (AvgIpc) is 2.71. The number of amides is 1. The highest BCUT2D eigenvalue weighted by Crippen LogP contribution is 2.58. The second-order valence-corrected chi connectivity index (χ2v) is 3.78.